The Bertz CT molecular complexity index is 789. The fourth-order valence-corrected chi connectivity index (χ4v) is 3.44. The number of nitrogens with zero attached hydrogens (tertiary/aromatic N) is 1. The minimum Gasteiger partial charge on any atom is -0.268 e. The zero-order valence-corrected chi connectivity index (χ0v) is 13.5. The van der Waals surface area contributed by atoms with Gasteiger partial charge < -0.3 is 0 Å². The quantitative estimate of drug-likeness (QED) is 0.569. The number of thioether (sulfide) groups is 1. The summed E-state index contributed by atoms with van der Waals surface area (Å²) >= 11 is 12.3. The monoisotopic (exact) mass is 349 g/mol. The molecule has 1 aliphatic heterocycles. The summed E-state index contributed by atoms with van der Waals surface area (Å²) in [5, 5.41) is 0.629. The van der Waals surface area contributed by atoms with E-state index in [1.807, 2.05) is 12.1 Å². The minimum atomic E-state index is -0.409. The molecule has 22 heavy (non-hydrogen) atoms. The number of hydrogen-bond acceptors (Lipinski definition) is 3. The molecule has 0 aliphatic carbocycles. The number of carbonyl (C=O) groups excluding carboxylic acids is 1. The van der Waals surface area contributed by atoms with E-state index in [-0.39, 0.29) is 5.91 Å². The van der Waals surface area contributed by atoms with Crippen molar-refractivity contribution in [3.8, 4) is 0 Å². The van der Waals surface area contributed by atoms with Gasteiger partial charge in [-0.15, -0.1) is 0 Å². The number of thiocarbonyl (C=S) groups is 1. The Balaban J connectivity index is 1.93. The van der Waals surface area contributed by atoms with Crippen LogP contribution in [0.2, 0.25) is 5.02 Å². The van der Waals surface area contributed by atoms with Gasteiger partial charge in [0, 0.05) is 5.02 Å². The summed E-state index contributed by atoms with van der Waals surface area (Å²) in [6.07, 6.45) is 1.74. The molecule has 1 fully saturated rings. The Hall–Kier alpha value is -1.69. The third kappa shape index (κ3) is 3.06. The van der Waals surface area contributed by atoms with Gasteiger partial charge in [0.15, 0.2) is 4.32 Å². The molecule has 1 saturated heterocycles. The molecule has 2 nitrogen and oxygen atoms in total. The van der Waals surface area contributed by atoms with Crippen LogP contribution in [0.4, 0.5) is 10.1 Å². The molecule has 1 amide bonds. The lowest BCUT2D eigenvalue weighted by Crippen LogP contribution is -2.27. The number of anilines is 1. The van der Waals surface area contributed by atoms with E-state index in [0.29, 0.717) is 19.9 Å². The van der Waals surface area contributed by atoms with Crippen molar-refractivity contribution in [2.24, 2.45) is 0 Å². The first-order valence-corrected chi connectivity index (χ1v) is 7.94. The largest absolute Gasteiger partial charge is 0.270 e. The molecular formula is C16H9ClFNOS2. The first-order chi connectivity index (χ1) is 10.5. The molecule has 0 bridgehead atoms. The van der Waals surface area contributed by atoms with E-state index in [2.05, 4.69) is 0 Å². The molecule has 0 spiro atoms. The van der Waals surface area contributed by atoms with Crippen molar-refractivity contribution in [2.45, 2.75) is 0 Å². The summed E-state index contributed by atoms with van der Waals surface area (Å²) in [5.41, 5.74) is 1.28. The number of hydrogen-bond donors (Lipinski definition) is 0. The highest BCUT2D eigenvalue weighted by atomic mass is 35.5. The molecule has 2 aromatic rings. The molecule has 0 radical (unpaired) electrons. The first kappa shape index (κ1) is 15.2. The molecule has 2 aromatic carbocycles. The zero-order chi connectivity index (χ0) is 15.7. The van der Waals surface area contributed by atoms with Gasteiger partial charge in [-0.05, 0) is 42.0 Å². The fourth-order valence-electron chi connectivity index (χ4n) is 2.02. The standard InChI is InChI=1S/C16H9ClFNOS2/c17-11-6-4-10(5-7-11)8-14-15(20)19(16(21)22-14)13-3-1-2-12(18)9-13/h1-9H/b14-8-. The predicted octanol–water partition coefficient (Wildman–Crippen LogP) is 4.88. The average Bonchev–Trinajstić information content (AvgIpc) is 2.76. The average molecular weight is 350 g/mol. The molecule has 0 saturated carbocycles. The van der Waals surface area contributed by atoms with Crippen LogP contribution in [0.15, 0.2) is 53.4 Å². The van der Waals surface area contributed by atoms with Crippen molar-refractivity contribution in [1.29, 1.82) is 0 Å². The minimum absolute atomic E-state index is 0.254. The summed E-state index contributed by atoms with van der Waals surface area (Å²) in [5.74, 6) is -0.663. The molecule has 1 heterocycles. The third-order valence-electron chi connectivity index (χ3n) is 3.03. The van der Waals surface area contributed by atoms with Crippen molar-refractivity contribution in [3.63, 3.8) is 0 Å². The van der Waals surface area contributed by atoms with Crippen molar-refractivity contribution in [3.05, 3.63) is 69.8 Å². The fraction of sp³-hybridized carbons (Fsp3) is 0. The summed E-state index contributed by atoms with van der Waals surface area (Å²) < 4.78 is 13.7. The van der Waals surface area contributed by atoms with E-state index in [1.54, 1.807) is 30.3 Å². The molecule has 3 rings (SSSR count). The molecule has 6 heteroatoms. The van der Waals surface area contributed by atoms with Crippen molar-refractivity contribution < 1.29 is 9.18 Å². The second-order valence-corrected chi connectivity index (χ2v) is 6.66. The smallest absolute Gasteiger partial charge is 0.268 e. The van der Waals surface area contributed by atoms with Crippen LogP contribution in [-0.4, -0.2) is 10.2 Å². The molecule has 110 valence electrons. The first-order valence-electron chi connectivity index (χ1n) is 6.34. The Morgan fingerprint density at radius 2 is 1.91 bits per heavy atom. The highest BCUT2D eigenvalue weighted by molar-refractivity contribution is 8.27. The van der Waals surface area contributed by atoms with Crippen LogP contribution in [-0.2, 0) is 4.79 Å². The van der Waals surface area contributed by atoms with Gasteiger partial charge in [0.05, 0.1) is 10.6 Å². The molecule has 0 N–H and O–H groups in total. The number of carbonyl (C=O) groups is 1. The van der Waals surface area contributed by atoms with Crippen LogP contribution in [0.3, 0.4) is 0 Å². The van der Waals surface area contributed by atoms with E-state index >= 15 is 0 Å². The lowest BCUT2D eigenvalue weighted by molar-refractivity contribution is -0.113. The van der Waals surface area contributed by atoms with E-state index < -0.39 is 5.82 Å². The Kier molecular flexibility index (Phi) is 4.29. The predicted molar refractivity (Wildman–Crippen MR) is 93.5 cm³/mol. The van der Waals surface area contributed by atoms with Crippen molar-refractivity contribution >= 4 is 57.6 Å². The SMILES string of the molecule is O=C1/C(=C/c2ccc(Cl)cc2)SC(=S)N1c1cccc(F)c1. The van der Waals surface area contributed by atoms with Crippen molar-refractivity contribution in [1.82, 2.24) is 0 Å². The van der Waals surface area contributed by atoms with Gasteiger partial charge in [0.2, 0.25) is 0 Å². The Labute approximate surface area is 141 Å². The molecular weight excluding hydrogens is 341 g/mol. The van der Waals surface area contributed by atoms with Crippen LogP contribution < -0.4 is 4.90 Å². The van der Waals surface area contributed by atoms with E-state index in [0.717, 1.165) is 5.56 Å². The second-order valence-electron chi connectivity index (χ2n) is 4.55. The maximum Gasteiger partial charge on any atom is 0.270 e. The number of halogens is 2. The van der Waals surface area contributed by atoms with Crippen LogP contribution >= 0.6 is 35.6 Å². The van der Waals surface area contributed by atoms with Crippen LogP contribution in [0.5, 0.6) is 0 Å². The third-order valence-corrected chi connectivity index (χ3v) is 4.58. The highest BCUT2D eigenvalue weighted by Gasteiger charge is 2.33. The van der Waals surface area contributed by atoms with Gasteiger partial charge in [-0.2, -0.15) is 0 Å². The van der Waals surface area contributed by atoms with E-state index in [4.69, 9.17) is 23.8 Å². The zero-order valence-electron chi connectivity index (χ0n) is 11.1. The summed E-state index contributed by atoms with van der Waals surface area (Å²) in [7, 11) is 0. The Morgan fingerprint density at radius 1 is 1.18 bits per heavy atom. The van der Waals surface area contributed by atoms with E-state index in [9.17, 15) is 9.18 Å². The molecule has 0 aromatic heterocycles. The summed E-state index contributed by atoms with van der Waals surface area (Å²) in [4.78, 5) is 14.3. The van der Waals surface area contributed by atoms with Gasteiger partial charge in [-0.1, -0.05) is 53.8 Å². The number of benzene rings is 2. The summed E-state index contributed by atoms with van der Waals surface area (Å²) in [6.45, 7) is 0. The molecule has 0 unspecified atom stereocenters. The number of amides is 1. The molecule has 0 atom stereocenters. The lowest BCUT2D eigenvalue weighted by Gasteiger charge is -2.14. The number of rotatable bonds is 2. The second kappa shape index (κ2) is 6.20. The van der Waals surface area contributed by atoms with Crippen LogP contribution in [0, 0.1) is 5.82 Å². The normalized spacial score (nSPS) is 16.6. The van der Waals surface area contributed by atoms with E-state index in [1.165, 1.54) is 28.8 Å². The Morgan fingerprint density at radius 3 is 2.59 bits per heavy atom. The van der Waals surface area contributed by atoms with Gasteiger partial charge in [0.1, 0.15) is 5.82 Å². The summed E-state index contributed by atoms with van der Waals surface area (Å²) in [6, 6.07) is 12.9. The highest BCUT2D eigenvalue weighted by Crippen LogP contribution is 2.36. The lowest BCUT2D eigenvalue weighted by atomic mass is 10.2. The maximum atomic E-state index is 13.3. The van der Waals surface area contributed by atoms with Crippen molar-refractivity contribution in [2.75, 3.05) is 4.90 Å². The van der Waals surface area contributed by atoms with Gasteiger partial charge in [0.25, 0.3) is 5.91 Å². The van der Waals surface area contributed by atoms with Gasteiger partial charge in [-0.25, -0.2) is 4.39 Å². The van der Waals surface area contributed by atoms with Crippen LogP contribution in [0.25, 0.3) is 6.08 Å². The maximum absolute atomic E-state index is 13.3. The topological polar surface area (TPSA) is 20.3 Å². The van der Waals surface area contributed by atoms with Crippen LogP contribution in [0.1, 0.15) is 5.56 Å². The van der Waals surface area contributed by atoms with Gasteiger partial charge in [-0.3, -0.25) is 9.69 Å². The molecule has 1 aliphatic rings. The van der Waals surface area contributed by atoms with Gasteiger partial charge >= 0.3 is 0 Å².